The van der Waals surface area contributed by atoms with Gasteiger partial charge in [0.25, 0.3) is 0 Å². The van der Waals surface area contributed by atoms with Crippen molar-refractivity contribution in [3.05, 3.63) is 0 Å². The molecule has 0 saturated carbocycles. The molecule has 2 fully saturated rings. The van der Waals surface area contributed by atoms with Crippen molar-refractivity contribution >= 4 is 5.91 Å². The quantitative estimate of drug-likeness (QED) is 0.760. The molecule has 0 spiro atoms. The van der Waals surface area contributed by atoms with Crippen molar-refractivity contribution in [1.82, 2.24) is 9.80 Å². The maximum Gasteiger partial charge on any atom is 0.391 e. The van der Waals surface area contributed by atoms with Crippen LogP contribution in [0.5, 0.6) is 0 Å². The fourth-order valence-corrected chi connectivity index (χ4v) is 2.68. The number of hydrogen-bond acceptors (Lipinski definition) is 2. The number of piperidine rings is 1. The lowest BCUT2D eigenvalue weighted by atomic mass is 9.96. The number of halogens is 3. The Bertz CT molecular complexity index is 292. The number of nitrogens with zero attached hydrogens (tertiary/aromatic N) is 2. The van der Waals surface area contributed by atoms with Crippen LogP contribution in [0.2, 0.25) is 0 Å². The molecule has 2 aliphatic rings. The summed E-state index contributed by atoms with van der Waals surface area (Å²) < 4.78 is 37.4. The zero-order valence-corrected chi connectivity index (χ0v) is 10.4. The van der Waals surface area contributed by atoms with Gasteiger partial charge in [-0.05, 0) is 38.8 Å². The van der Waals surface area contributed by atoms with Crippen LogP contribution in [0.25, 0.3) is 0 Å². The van der Waals surface area contributed by atoms with Gasteiger partial charge >= 0.3 is 6.18 Å². The van der Waals surface area contributed by atoms with Crippen LogP contribution in [0.15, 0.2) is 0 Å². The Morgan fingerprint density at radius 2 is 1.61 bits per heavy atom. The normalized spacial score (nSPS) is 23.6. The summed E-state index contributed by atoms with van der Waals surface area (Å²) in [5.74, 6) is -1.12. The fraction of sp³-hybridized carbons (Fsp3) is 0.917. The maximum absolute atomic E-state index is 12.5. The Balaban J connectivity index is 1.75. The number of hydrogen-bond donors (Lipinski definition) is 0. The molecule has 2 heterocycles. The average Bonchev–Trinajstić information content (AvgIpc) is 2.82. The highest BCUT2D eigenvalue weighted by molar-refractivity contribution is 5.78. The monoisotopic (exact) mass is 264 g/mol. The van der Waals surface area contributed by atoms with Crippen molar-refractivity contribution in [2.45, 2.75) is 31.9 Å². The zero-order valence-electron chi connectivity index (χ0n) is 10.4. The third kappa shape index (κ3) is 3.37. The first kappa shape index (κ1) is 13.6. The molecule has 0 bridgehead atoms. The van der Waals surface area contributed by atoms with E-state index < -0.39 is 12.1 Å². The standard InChI is InChI=1S/C12H19F3N2O/c13-12(14,15)10-3-7-16(8-4-10)9-11(18)17-5-1-2-6-17/h10H,1-9H2. The Labute approximate surface area is 105 Å². The number of amides is 1. The van der Waals surface area contributed by atoms with E-state index in [1.54, 1.807) is 0 Å². The van der Waals surface area contributed by atoms with Gasteiger partial charge in [-0.15, -0.1) is 0 Å². The second-order valence-electron chi connectivity index (χ2n) is 5.18. The van der Waals surface area contributed by atoms with Gasteiger partial charge in [-0.1, -0.05) is 0 Å². The third-order valence-electron chi connectivity index (χ3n) is 3.87. The first-order valence-electron chi connectivity index (χ1n) is 6.53. The highest BCUT2D eigenvalue weighted by Crippen LogP contribution is 2.33. The fourth-order valence-electron chi connectivity index (χ4n) is 2.68. The van der Waals surface area contributed by atoms with E-state index in [0.29, 0.717) is 13.1 Å². The van der Waals surface area contributed by atoms with Gasteiger partial charge in [0.2, 0.25) is 5.91 Å². The summed E-state index contributed by atoms with van der Waals surface area (Å²) in [6.45, 7) is 2.65. The number of carbonyl (C=O) groups excluding carboxylic acids is 1. The summed E-state index contributed by atoms with van der Waals surface area (Å²) in [7, 11) is 0. The third-order valence-corrected chi connectivity index (χ3v) is 3.87. The second kappa shape index (κ2) is 5.47. The van der Waals surface area contributed by atoms with Crippen molar-refractivity contribution in [3.63, 3.8) is 0 Å². The molecule has 0 aromatic heterocycles. The first-order chi connectivity index (χ1) is 8.47. The van der Waals surface area contributed by atoms with E-state index >= 15 is 0 Å². The summed E-state index contributed by atoms with van der Waals surface area (Å²) in [6, 6.07) is 0. The van der Waals surface area contributed by atoms with Crippen LogP contribution in [0.4, 0.5) is 13.2 Å². The van der Waals surface area contributed by atoms with Crippen LogP contribution in [0.3, 0.4) is 0 Å². The molecular formula is C12H19F3N2O. The first-order valence-corrected chi connectivity index (χ1v) is 6.53. The van der Waals surface area contributed by atoms with Crippen molar-refractivity contribution in [3.8, 4) is 0 Å². The van der Waals surface area contributed by atoms with E-state index in [1.165, 1.54) is 0 Å². The Kier molecular flexibility index (Phi) is 4.14. The van der Waals surface area contributed by atoms with Gasteiger partial charge in [0.1, 0.15) is 0 Å². The lowest BCUT2D eigenvalue weighted by Crippen LogP contribution is -2.44. The SMILES string of the molecule is O=C(CN1CCC(C(F)(F)F)CC1)N1CCCC1. The van der Waals surface area contributed by atoms with Gasteiger partial charge in [0.15, 0.2) is 0 Å². The van der Waals surface area contributed by atoms with Crippen LogP contribution >= 0.6 is 0 Å². The topological polar surface area (TPSA) is 23.6 Å². The minimum atomic E-state index is -4.08. The summed E-state index contributed by atoms with van der Waals surface area (Å²) in [5, 5.41) is 0. The molecule has 0 aliphatic carbocycles. The van der Waals surface area contributed by atoms with E-state index in [2.05, 4.69) is 0 Å². The Hall–Kier alpha value is -0.780. The van der Waals surface area contributed by atoms with Crippen LogP contribution in [0, 0.1) is 5.92 Å². The minimum Gasteiger partial charge on any atom is -0.342 e. The van der Waals surface area contributed by atoms with E-state index in [9.17, 15) is 18.0 Å². The van der Waals surface area contributed by atoms with E-state index in [0.717, 1.165) is 25.9 Å². The van der Waals surface area contributed by atoms with Crippen molar-refractivity contribution < 1.29 is 18.0 Å². The molecule has 2 saturated heterocycles. The lowest BCUT2D eigenvalue weighted by molar-refractivity contribution is -0.185. The Morgan fingerprint density at radius 3 is 2.11 bits per heavy atom. The van der Waals surface area contributed by atoms with Crippen LogP contribution in [-0.4, -0.2) is 54.6 Å². The molecule has 0 aromatic carbocycles. The molecule has 0 aromatic rings. The predicted octanol–water partition coefficient (Wildman–Crippen LogP) is 1.88. The van der Waals surface area contributed by atoms with E-state index in [-0.39, 0.29) is 25.3 Å². The van der Waals surface area contributed by atoms with Crippen molar-refractivity contribution in [2.75, 3.05) is 32.7 Å². The molecule has 6 heteroatoms. The van der Waals surface area contributed by atoms with Crippen LogP contribution in [-0.2, 0) is 4.79 Å². The number of likely N-dealkylation sites (tertiary alicyclic amines) is 2. The van der Waals surface area contributed by atoms with Gasteiger partial charge in [0.05, 0.1) is 12.5 Å². The molecule has 2 rings (SSSR count). The van der Waals surface area contributed by atoms with E-state index in [1.807, 2.05) is 9.80 Å². The number of carbonyl (C=O) groups is 1. The minimum absolute atomic E-state index is 0.0676. The molecule has 0 atom stereocenters. The van der Waals surface area contributed by atoms with Crippen molar-refractivity contribution in [2.24, 2.45) is 5.92 Å². The van der Waals surface area contributed by atoms with Crippen LogP contribution in [0.1, 0.15) is 25.7 Å². The lowest BCUT2D eigenvalue weighted by Gasteiger charge is -2.33. The molecule has 18 heavy (non-hydrogen) atoms. The van der Waals surface area contributed by atoms with Gasteiger partial charge in [0, 0.05) is 13.1 Å². The largest absolute Gasteiger partial charge is 0.391 e. The predicted molar refractivity (Wildman–Crippen MR) is 61.0 cm³/mol. The summed E-state index contributed by atoms with van der Waals surface area (Å²) >= 11 is 0. The molecule has 3 nitrogen and oxygen atoms in total. The average molecular weight is 264 g/mol. The summed E-state index contributed by atoms with van der Waals surface area (Å²) in [6.07, 6.45) is -1.75. The highest BCUT2D eigenvalue weighted by atomic mass is 19.4. The Morgan fingerprint density at radius 1 is 1.06 bits per heavy atom. The van der Waals surface area contributed by atoms with Gasteiger partial charge in [-0.2, -0.15) is 13.2 Å². The molecule has 0 N–H and O–H groups in total. The van der Waals surface area contributed by atoms with Gasteiger partial charge < -0.3 is 4.90 Å². The summed E-state index contributed by atoms with van der Waals surface area (Å²) in [4.78, 5) is 15.5. The molecule has 1 amide bonds. The summed E-state index contributed by atoms with van der Waals surface area (Å²) in [5.41, 5.74) is 0. The van der Waals surface area contributed by atoms with Crippen LogP contribution < -0.4 is 0 Å². The maximum atomic E-state index is 12.5. The van der Waals surface area contributed by atoms with E-state index in [4.69, 9.17) is 0 Å². The highest BCUT2D eigenvalue weighted by Gasteiger charge is 2.41. The smallest absolute Gasteiger partial charge is 0.342 e. The van der Waals surface area contributed by atoms with Gasteiger partial charge in [-0.3, -0.25) is 9.69 Å². The molecule has 2 aliphatic heterocycles. The second-order valence-corrected chi connectivity index (χ2v) is 5.18. The molecular weight excluding hydrogens is 245 g/mol. The molecule has 0 unspecified atom stereocenters. The van der Waals surface area contributed by atoms with Gasteiger partial charge in [-0.25, -0.2) is 0 Å². The number of rotatable bonds is 2. The molecule has 104 valence electrons. The molecule has 0 radical (unpaired) electrons. The zero-order chi connectivity index (χ0) is 13.2. The number of alkyl halides is 3. The van der Waals surface area contributed by atoms with Crippen molar-refractivity contribution in [1.29, 1.82) is 0 Å².